The Bertz CT molecular complexity index is 706. The van der Waals surface area contributed by atoms with Crippen LogP contribution in [0.5, 0.6) is 0 Å². The smallest absolute Gasteiger partial charge is 0.327 e. The van der Waals surface area contributed by atoms with Crippen LogP contribution >= 0.6 is 0 Å². The molecular weight excluding hydrogens is 306 g/mol. The molecule has 2 aliphatic rings. The summed E-state index contributed by atoms with van der Waals surface area (Å²) in [5.74, 6) is -0.997. The minimum atomic E-state index is -1.01. The number of hydrogen-bond acceptors (Lipinski definition) is 3. The molecule has 1 aromatic rings. The van der Waals surface area contributed by atoms with Crippen molar-refractivity contribution in [2.75, 3.05) is 4.90 Å². The van der Waals surface area contributed by atoms with E-state index in [1.807, 2.05) is 45.0 Å². The van der Waals surface area contributed by atoms with Crippen LogP contribution in [0.15, 0.2) is 24.3 Å². The number of carbonyl (C=O) groups excluding carboxylic acids is 2. The zero-order valence-corrected chi connectivity index (χ0v) is 14.3. The first kappa shape index (κ1) is 16.7. The molecule has 1 heterocycles. The summed E-state index contributed by atoms with van der Waals surface area (Å²) in [6.07, 6.45) is 1.69. The first-order chi connectivity index (χ1) is 11.2. The van der Waals surface area contributed by atoms with Crippen LogP contribution in [0.3, 0.4) is 0 Å². The van der Waals surface area contributed by atoms with E-state index in [0.29, 0.717) is 31.4 Å². The maximum absolute atomic E-state index is 13.4. The van der Waals surface area contributed by atoms with Gasteiger partial charge >= 0.3 is 5.97 Å². The van der Waals surface area contributed by atoms with E-state index >= 15 is 0 Å². The van der Waals surface area contributed by atoms with Crippen molar-refractivity contribution in [1.82, 2.24) is 0 Å². The number of amides is 1. The summed E-state index contributed by atoms with van der Waals surface area (Å²) < 4.78 is 0. The molecule has 1 atom stereocenters. The summed E-state index contributed by atoms with van der Waals surface area (Å²) in [5, 5.41) is 9.79. The Labute approximate surface area is 141 Å². The number of benzene rings is 1. The maximum Gasteiger partial charge on any atom is 0.327 e. The van der Waals surface area contributed by atoms with Crippen LogP contribution in [0.25, 0.3) is 0 Å². The molecule has 1 saturated carbocycles. The van der Waals surface area contributed by atoms with Gasteiger partial charge in [-0.3, -0.25) is 14.5 Å². The number of carboxylic acid groups (broad SMARTS) is 1. The molecule has 5 heteroatoms. The van der Waals surface area contributed by atoms with Crippen molar-refractivity contribution in [3.63, 3.8) is 0 Å². The maximum atomic E-state index is 13.4. The Morgan fingerprint density at radius 3 is 2.29 bits per heavy atom. The van der Waals surface area contributed by atoms with Gasteiger partial charge in [-0.15, -0.1) is 0 Å². The van der Waals surface area contributed by atoms with Gasteiger partial charge in [0.25, 0.3) is 0 Å². The zero-order chi connectivity index (χ0) is 17.7. The average Bonchev–Trinajstić information content (AvgIpc) is 2.72. The van der Waals surface area contributed by atoms with E-state index in [2.05, 4.69) is 0 Å². The van der Waals surface area contributed by atoms with Crippen molar-refractivity contribution in [3.05, 3.63) is 29.8 Å². The Morgan fingerprint density at radius 2 is 1.75 bits per heavy atom. The second kappa shape index (κ2) is 5.43. The lowest BCUT2D eigenvalue weighted by atomic mass is 9.70. The number of ketones is 1. The van der Waals surface area contributed by atoms with Crippen LogP contribution in [-0.2, 0) is 19.8 Å². The Balaban J connectivity index is 2.15. The van der Waals surface area contributed by atoms with Crippen LogP contribution in [0, 0.1) is 5.41 Å². The van der Waals surface area contributed by atoms with E-state index in [1.54, 1.807) is 0 Å². The van der Waals surface area contributed by atoms with Crippen LogP contribution < -0.4 is 4.90 Å². The van der Waals surface area contributed by atoms with Crippen LogP contribution in [-0.4, -0.2) is 28.8 Å². The van der Waals surface area contributed by atoms with Crippen molar-refractivity contribution in [1.29, 1.82) is 0 Å². The summed E-state index contributed by atoms with van der Waals surface area (Å²) in [7, 11) is 0. The highest BCUT2D eigenvalue weighted by atomic mass is 16.4. The number of Topliss-reactive ketones (excluding diaryl/α,β-unsaturated/α-hetero) is 1. The molecule has 0 saturated heterocycles. The summed E-state index contributed by atoms with van der Waals surface area (Å²) in [6.45, 7) is 5.49. The number of para-hydroxylation sites is 1. The molecule has 3 rings (SSSR count). The number of anilines is 1. The van der Waals surface area contributed by atoms with Crippen molar-refractivity contribution in [3.8, 4) is 0 Å². The van der Waals surface area contributed by atoms with Crippen LogP contribution in [0.4, 0.5) is 5.69 Å². The number of carbonyl (C=O) groups is 3. The van der Waals surface area contributed by atoms with Gasteiger partial charge in [0.2, 0.25) is 5.91 Å². The summed E-state index contributed by atoms with van der Waals surface area (Å²) >= 11 is 0. The molecule has 1 aliphatic heterocycles. The molecule has 0 bridgehead atoms. The van der Waals surface area contributed by atoms with Gasteiger partial charge in [0.15, 0.2) is 0 Å². The lowest BCUT2D eigenvalue weighted by Gasteiger charge is -2.37. The lowest BCUT2D eigenvalue weighted by Crippen LogP contribution is -2.54. The second-order valence-corrected chi connectivity index (χ2v) is 7.92. The first-order valence-electron chi connectivity index (χ1n) is 8.36. The summed E-state index contributed by atoms with van der Waals surface area (Å²) in [4.78, 5) is 38.5. The Kier molecular flexibility index (Phi) is 3.78. The minimum Gasteiger partial charge on any atom is -0.480 e. The number of hydrogen-bond donors (Lipinski definition) is 1. The largest absolute Gasteiger partial charge is 0.480 e. The molecular formula is C19H23NO4. The van der Waals surface area contributed by atoms with E-state index in [-0.39, 0.29) is 11.7 Å². The molecule has 1 spiro atoms. The fourth-order valence-electron chi connectivity index (χ4n) is 4.11. The molecule has 1 aromatic carbocycles. The van der Waals surface area contributed by atoms with E-state index in [0.717, 1.165) is 5.56 Å². The van der Waals surface area contributed by atoms with Crippen LogP contribution in [0.2, 0.25) is 0 Å². The average molecular weight is 329 g/mol. The third kappa shape index (κ3) is 2.34. The van der Waals surface area contributed by atoms with Gasteiger partial charge in [-0.1, -0.05) is 39.0 Å². The summed E-state index contributed by atoms with van der Waals surface area (Å²) in [5.41, 5.74) is 0.200. The third-order valence-electron chi connectivity index (χ3n) is 5.28. The molecule has 1 N–H and O–H groups in total. The van der Waals surface area contributed by atoms with E-state index in [9.17, 15) is 19.5 Å². The molecule has 128 valence electrons. The van der Waals surface area contributed by atoms with E-state index < -0.39 is 22.8 Å². The molecule has 24 heavy (non-hydrogen) atoms. The number of rotatable bonds is 2. The first-order valence-corrected chi connectivity index (χ1v) is 8.36. The van der Waals surface area contributed by atoms with E-state index in [4.69, 9.17) is 0 Å². The van der Waals surface area contributed by atoms with Gasteiger partial charge in [-0.25, -0.2) is 4.79 Å². The van der Waals surface area contributed by atoms with Gasteiger partial charge in [0.05, 0.1) is 5.41 Å². The van der Waals surface area contributed by atoms with Gasteiger partial charge in [-0.2, -0.15) is 0 Å². The monoisotopic (exact) mass is 329 g/mol. The summed E-state index contributed by atoms with van der Waals surface area (Å²) in [6, 6.07) is 6.49. The predicted octanol–water partition coefficient (Wildman–Crippen LogP) is 2.91. The lowest BCUT2D eigenvalue weighted by molar-refractivity contribution is -0.143. The Hall–Kier alpha value is -2.17. The molecule has 1 fully saturated rings. The SMILES string of the molecule is CC(C)(C)C(C(=O)O)N1C(=O)C2(CCC(=O)CC2)c2ccccc21. The van der Waals surface area contributed by atoms with Crippen molar-refractivity contribution < 1.29 is 19.5 Å². The van der Waals surface area contributed by atoms with Gasteiger partial charge in [0.1, 0.15) is 11.8 Å². The third-order valence-corrected chi connectivity index (χ3v) is 5.28. The number of aliphatic carboxylic acids is 1. The topological polar surface area (TPSA) is 74.7 Å². The molecule has 1 aliphatic carbocycles. The highest BCUT2D eigenvalue weighted by Crippen LogP contribution is 2.51. The number of carboxylic acids is 1. The van der Waals surface area contributed by atoms with Gasteiger partial charge in [-0.05, 0) is 29.9 Å². The number of nitrogens with zero attached hydrogens (tertiary/aromatic N) is 1. The van der Waals surface area contributed by atoms with E-state index in [1.165, 1.54) is 4.90 Å². The number of fused-ring (bicyclic) bond motifs is 2. The van der Waals surface area contributed by atoms with Gasteiger partial charge < -0.3 is 5.11 Å². The van der Waals surface area contributed by atoms with Crippen molar-refractivity contribution in [2.45, 2.75) is 57.9 Å². The molecule has 1 unspecified atom stereocenters. The van der Waals surface area contributed by atoms with Crippen molar-refractivity contribution in [2.24, 2.45) is 5.41 Å². The molecule has 0 radical (unpaired) electrons. The highest BCUT2D eigenvalue weighted by molar-refractivity contribution is 6.12. The zero-order valence-electron chi connectivity index (χ0n) is 14.3. The standard InChI is InChI=1S/C19H23NO4/c1-18(2,3)15(16(22)23)20-14-7-5-4-6-13(14)19(17(20)24)10-8-12(21)9-11-19/h4-7,15H,8-11H2,1-3H3,(H,22,23). The molecule has 1 amide bonds. The quantitative estimate of drug-likeness (QED) is 0.905. The fraction of sp³-hybridized carbons (Fsp3) is 0.526. The van der Waals surface area contributed by atoms with Crippen LogP contribution in [0.1, 0.15) is 52.0 Å². The van der Waals surface area contributed by atoms with Gasteiger partial charge in [0, 0.05) is 18.5 Å². The molecule has 5 nitrogen and oxygen atoms in total. The predicted molar refractivity (Wildman–Crippen MR) is 90.0 cm³/mol. The second-order valence-electron chi connectivity index (χ2n) is 7.92. The van der Waals surface area contributed by atoms with Crippen molar-refractivity contribution >= 4 is 23.3 Å². The fourth-order valence-corrected chi connectivity index (χ4v) is 4.11. The minimum absolute atomic E-state index is 0.168. The Morgan fingerprint density at radius 1 is 1.17 bits per heavy atom. The highest BCUT2D eigenvalue weighted by Gasteiger charge is 2.56. The molecule has 0 aromatic heterocycles. The normalized spacial score (nSPS) is 21.0.